The number of hydrogen-bond acceptors (Lipinski definition) is 5. The second-order valence-electron chi connectivity index (χ2n) is 6.01. The fourth-order valence-electron chi connectivity index (χ4n) is 2.43. The lowest BCUT2D eigenvalue weighted by Gasteiger charge is -2.13. The molecule has 4 nitrogen and oxygen atoms in total. The van der Waals surface area contributed by atoms with Gasteiger partial charge in [0.15, 0.2) is 0 Å². The van der Waals surface area contributed by atoms with E-state index in [1.165, 1.54) is 0 Å². The minimum Gasteiger partial charge on any atom is -0.378 e. The second kappa shape index (κ2) is 8.87. The number of amides is 1. The summed E-state index contributed by atoms with van der Waals surface area (Å²) >= 11 is 3.22. The van der Waals surface area contributed by atoms with Gasteiger partial charge < -0.3 is 10.2 Å². The van der Waals surface area contributed by atoms with Gasteiger partial charge in [0.25, 0.3) is 5.91 Å². The Morgan fingerprint density at radius 3 is 2.62 bits per heavy atom. The number of nitrogens with zero attached hydrogens (tertiary/aromatic N) is 2. The van der Waals surface area contributed by atoms with E-state index in [1.54, 1.807) is 23.1 Å². The molecule has 0 bridgehead atoms. The molecule has 3 rings (SSSR count). The predicted octanol–water partition coefficient (Wildman–Crippen LogP) is 4.43. The summed E-state index contributed by atoms with van der Waals surface area (Å²) in [5, 5.41) is 5.05. The molecule has 0 saturated carbocycles. The summed E-state index contributed by atoms with van der Waals surface area (Å²) < 4.78 is 0. The SMILES string of the molecule is CN(C)c1ccc(CNC(=O)c2ccccc2SCc2cscn2)cc1. The lowest BCUT2D eigenvalue weighted by molar-refractivity contribution is 0.0948. The van der Waals surface area contributed by atoms with Gasteiger partial charge in [0.05, 0.1) is 16.8 Å². The van der Waals surface area contributed by atoms with Crippen molar-refractivity contribution in [2.45, 2.75) is 17.2 Å². The number of nitrogens with one attached hydrogen (secondary N) is 1. The molecular weight excluding hydrogens is 362 g/mol. The third-order valence-electron chi connectivity index (χ3n) is 3.90. The van der Waals surface area contributed by atoms with Crippen LogP contribution in [-0.2, 0) is 12.3 Å². The van der Waals surface area contributed by atoms with E-state index in [1.807, 2.05) is 61.4 Å². The molecule has 0 fully saturated rings. The van der Waals surface area contributed by atoms with Crippen LogP contribution in [0.3, 0.4) is 0 Å². The largest absolute Gasteiger partial charge is 0.378 e. The van der Waals surface area contributed by atoms with E-state index < -0.39 is 0 Å². The number of benzene rings is 2. The molecule has 0 spiro atoms. The van der Waals surface area contributed by atoms with E-state index in [0.29, 0.717) is 12.1 Å². The molecule has 0 unspecified atom stereocenters. The molecule has 0 aliphatic carbocycles. The van der Waals surface area contributed by atoms with Crippen LogP contribution in [0, 0.1) is 0 Å². The summed E-state index contributed by atoms with van der Waals surface area (Å²) in [6.45, 7) is 0.512. The molecule has 0 aliphatic rings. The zero-order valence-corrected chi connectivity index (χ0v) is 16.4. The van der Waals surface area contributed by atoms with Crippen LogP contribution in [0.25, 0.3) is 0 Å². The van der Waals surface area contributed by atoms with Gasteiger partial charge in [-0.1, -0.05) is 24.3 Å². The van der Waals surface area contributed by atoms with E-state index in [2.05, 4.69) is 27.3 Å². The molecule has 1 heterocycles. The minimum atomic E-state index is -0.0527. The molecule has 1 amide bonds. The quantitative estimate of drug-likeness (QED) is 0.613. The van der Waals surface area contributed by atoms with Gasteiger partial charge in [-0.2, -0.15) is 0 Å². The fourth-order valence-corrected chi connectivity index (χ4v) is 4.05. The van der Waals surface area contributed by atoms with Crippen LogP contribution >= 0.6 is 23.1 Å². The van der Waals surface area contributed by atoms with Gasteiger partial charge in [-0.15, -0.1) is 23.1 Å². The molecular formula is C20H21N3OS2. The lowest BCUT2D eigenvalue weighted by atomic mass is 10.1. The number of carbonyl (C=O) groups excluding carboxylic acids is 1. The first-order valence-electron chi connectivity index (χ1n) is 8.27. The van der Waals surface area contributed by atoms with Gasteiger partial charge in [0, 0.05) is 42.4 Å². The van der Waals surface area contributed by atoms with Crippen LogP contribution in [-0.4, -0.2) is 25.0 Å². The summed E-state index contributed by atoms with van der Waals surface area (Å²) in [5.74, 6) is 0.711. The number of thiazole rings is 1. The highest BCUT2D eigenvalue weighted by Gasteiger charge is 2.11. The summed E-state index contributed by atoms with van der Waals surface area (Å²) in [4.78, 5) is 20.0. The van der Waals surface area contributed by atoms with Gasteiger partial charge in [0.2, 0.25) is 0 Å². The van der Waals surface area contributed by atoms with Crippen LogP contribution in [0.1, 0.15) is 21.6 Å². The molecule has 26 heavy (non-hydrogen) atoms. The summed E-state index contributed by atoms with van der Waals surface area (Å²) in [5.41, 5.74) is 5.80. The Hall–Kier alpha value is -2.31. The zero-order valence-electron chi connectivity index (χ0n) is 14.8. The lowest BCUT2D eigenvalue weighted by Crippen LogP contribution is -2.23. The number of aromatic nitrogens is 1. The Bertz CT molecular complexity index is 846. The van der Waals surface area contributed by atoms with Crippen molar-refractivity contribution < 1.29 is 4.79 Å². The van der Waals surface area contributed by atoms with Crippen LogP contribution in [0.2, 0.25) is 0 Å². The molecule has 3 aromatic rings. The summed E-state index contributed by atoms with van der Waals surface area (Å²) in [6, 6.07) is 15.9. The van der Waals surface area contributed by atoms with E-state index in [4.69, 9.17) is 0 Å². The van der Waals surface area contributed by atoms with Gasteiger partial charge in [0.1, 0.15) is 0 Å². The maximum Gasteiger partial charge on any atom is 0.252 e. The van der Waals surface area contributed by atoms with Gasteiger partial charge in [-0.05, 0) is 29.8 Å². The zero-order chi connectivity index (χ0) is 18.4. The Morgan fingerprint density at radius 1 is 1.15 bits per heavy atom. The van der Waals surface area contributed by atoms with Gasteiger partial charge >= 0.3 is 0 Å². The second-order valence-corrected chi connectivity index (χ2v) is 7.74. The van der Waals surface area contributed by atoms with Gasteiger partial charge in [-0.3, -0.25) is 4.79 Å². The van der Waals surface area contributed by atoms with Gasteiger partial charge in [-0.25, -0.2) is 4.98 Å². The average molecular weight is 384 g/mol. The first kappa shape index (κ1) is 18.5. The third-order valence-corrected chi connectivity index (χ3v) is 5.64. The topological polar surface area (TPSA) is 45.2 Å². The van der Waals surface area contributed by atoms with Crippen molar-refractivity contribution >= 4 is 34.7 Å². The fraction of sp³-hybridized carbons (Fsp3) is 0.200. The monoisotopic (exact) mass is 383 g/mol. The minimum absolute atomic E-state index is 0.0527. The number of anilines is 1. The van der Waals surface area contributed by atoms with Crippen LogP contribution in [0.5, 0.6) is 0 Å². The highest BCUT2D eigenvalue weighted by Crippen LogP contribution is 2.26. The number of rotatable bonds is 7. The predicted molar refractivity (Wildman–Crippen MR) is 110 cm³/mol. The normalized spacial score (nSPS) is 10.5. The number of hydrogen-bond donors (Lipinski definition) is 1. The molecule has 0 atom stereocenters. The Balaban J connectivity index is 1.62. The van der Waals surface area contributed by atoms with Crippen molar-refractivity contribution in [1.29, 1.82) is 0 Å². The smallest absolute Gasteiger partial charge is 0.252 e. The molecule has 1 aromatic heterocycles. The van der Waals surface area contributed by atoms with Crippen LogP contribution < -0.4 is 10.2 Å². The average Bonchev–Trinajstić information content (AvgIpc) is 3.18. The van der Waals surface area contributed by atoms with E-state index >= 15 is 0 Å². The highest BCUT2D eigenvalue weighted by molar-refractivity contribution is 7.98. The highest BCUT2D eigenvalue weighted by atomic mass is 32.2. The van der Waals surface area contributed by atoms with E-state index in [-0.39, 0.29) is 5.91 Å². The van der Waals surface area contributed by atoms with Crippen molar-refractivity contribution in [2.75, 3.05) is 19.0 Å². The molecule has 0 saturated heterocycles. The first-order valence-corrected chi connectivity index (χ1v) is 10.2. The Labute approximate surface area is 162 Å². The van der Waals surface area contributed by atoms with Crippen molar-refractivity contribution in [2.24, 2.45) is 0 Å². The molecule has 1 N–H and O–H groups in total. The summed E-state index contributed by atoms with van der Waals surface area (Å²) in [6.07, 6.45) is 0. The Morgan fingerprint density at radius 2 is 1.92 bits per heavy atom. The molecule has 0 aliphatic heterocycles. The number of carbonyl (C=O) groups is 1. The molecule has 0 radical (unpaired) electrons. The van der Waals surface area contributed by atoms with Crippen molar-refractivity contribution in [1.82, 2.24) is 10.3 Å². The molecule has 6 heteroatoms. The summed E-state index contributed by atoms with van der Waals surface area (Å²) in [7, 11) is 4.02. The molecule has 2 aromatic carbocycles. The van der Waals surface area contributed by atoms with E-state index in [9.17, 15) is 4.79 Å². The first-order chi connectivity index (χ1) is 12.6. The standard InChI is InChI=1S/C20H21N3OS2/c1-23(2)17-9-7-15(8-10-17)11-21-20(24)18-5-3-4-6-19(18)26-13-16-12-25-14-22-16/h3-10,12,14H,11,13H2,1-2H3,(H,21,24). The van der Waals surface area contributed by atoms with Crippen LogP contribution in [0.15, 0.2) is 64.3 Å². The maximum atomic E-state index is 12.6. The van der Waals surface area contributed by atoms with E-state index in [0.717, 1.165) is 27.6 Å². The van der Waals surface area contributed by atoms with Crippen LogP contribution in [0.4, 0.5) is 5.69 Å². The number of thioether (sulfide) groups is 1. The van der Waals surface area contributed by atoms with Crippen molar-refractivity contribution in [3.05, 3.63) is 76.2 Å². The molecule has 134 valence electrons. The van der Waals surface area contributed by atoms with Crippen molar-refractivity contribution in [3.8, 4) is 0 Å². The van der Waals surface area contributed by atoms with Crippen molar-refractivity contribution in [3.63, 3.8) is 0 Å². The third kappa shape index (κ3) is 4.86. The Kier molecular flexibility index (Phi) is 6.30. The maximum absolute atomic E-state index is 12.6.